The Kier molecular flexibility index (Phi) is 3.07. The van der Waals surface area contributed by atoms with Crippen LogP contribution in [0.15, 0.2) is 29.0 Å². The zero-order valence-electron chi connectivity index (χ0n) is 10.9. The maximum Gasteiger partial charge on any atom is 0.219 e. The predicted molar refractivity (Wildman–Crippen MR) is 73.6 cm³/mol. The number of amides is 1. The Morgan fingerprint density at radius 3 is 3.21 bits per heavy atom. The van der Waals surface area contributed by atoms with E-state index in [1.54, 1.807) is 0 Å². The Bertz CT molecular complexity index is 655. The Morgan fingerprint density at radius 1 is 1.47 bits per heavy atom. The molecule has 1 aliphatic rings. The van der Waals surface area contributed by atoms with Crippen LogP contribution in [0.1, 0.15) is 30.9 Å². The van der Waals surface area contributed by atoms with E-state index in [-0.39, 0.29) is 5.91 Å². The van der Waals surface area contributed by atoms with Crippen LogP contribution in [0.25, 0.3) is 16.7 Å². The van der Waals surface area contributed by atoms with Crippen LogP contribution < -0.4 is 5.32 Å². The molecule has 1 aromatic heterocycles. The number of hydrogen-bond acceptors (Lipinski definition) is 3. The van der Waals surface area contributed by atoms with Gasteiger partial charge in [0.2, 0.25) is 5.91 Å². The highest BCUT2D eigenvalue weighted by Crippen LogP contribution is 2.37. The fourth-order valence-electron chi connectivity index (χ4n) is 2.54. The summed E-state index contributed by atoms with van der Waals surface area (Å²) in [5, 5.41) is 2.87. The number of rotatable bonds is 3. The number of carbonyl (C=O) groups excluding carboxylic acids is 1. The Balaban J connectivity index is 1.90. The lowest BCUT2D eigenvalue weighted by atomic mass is 10.1. The number of fused-ring (bicyclic) bond motifs is 3. The first-order chi connectivity index (χ1) is 9.29. The molecule has 1 aliphatic carbocycles. The van der Waals surface area contributed by atoms with Gasteiger partial charge in [0.1, 0.15) is 5.52 Å². The summed E-state index contributed by atoms with van der Waals surface area (Å²) in [4.78, 5) is 15.4. The third-order valence-corrected chi connectivity index (χ3v) is 3.54. The normalized spacial score (nSPS) is 15.9. The van der Waals surface area contributed by atoms with Crippen molar-refractivity contribution < 1.29 is 9.21 Å². The standard InChI is InChI=1S/C15H16N2O2/c1-2-13(18)16-8-7-11-4-3-10-5-6-12-15(14(10)11)19-9-17-12/h5-7,9H,2-4,8H2,1H3,(H,16,18)/b11-7+. The van der Waals surface area contributed by atoms with Gasteiger partial charge in [-0.1, -0.05) is 19.1 Å². The van der Waals surface area contributed by atoms with E-state index < -0.39 is 0 Å². The van der Waals surface area contributed by atoms with E-state index in [4.69, 9.17) is 4.42 Å². The lowest BCUT2D eigenvalue weighted by Gasteiger charge is -2.03. The highest BCUT2D eigenvalue weighted by Gasteiger charge is 2.20. The van der Waals surface area contributed by atoms with Crippen molar-refractivity contribution in [3.8, 4) is 0 Å². The van der Waals surface area contributed by atoms with Crippen LogP contribution >= 0.6 is 0 Å². The van der Waals surface area contributed by atoms with Crippen molar-refractivity contribution in [3.63, 3.8) is 0 Å². The van der Waals surface area contributed by atoms with Crippen molar-refractivity contribution in [2.24, 2.45) is 0 Å². The minimum absolute atomic E-state index is 0.0768. The quantitative estimate of drug-likeness (QED) is 0.918. The lowest BCUT2D eigenvalue weighted by Crippen LogP contribution is -2.22. The molecular weight excluding hydrogens is 240 g/mol. The molecule has 1 heterocycles. The molecule has 3 rings (SSSR count). The average Bonchev–Trinajstić information content (AvgIpc) is 3.03. The van der Waals surface area contributed by atoms with Gasteiger partial charge in [0.05, 0.1) is 0 Å². The number of aromatic nitrogens is 1. The zero-order chi connectivity index (χ0) is 13.2. The second kappa shape index (κ2) is 4.88. The molecule has 1 amide bonds. The van der Waals surface area contributed by atoms with Crippen molar-refractivity contribution in [1.29, 1.82) is 0 Å². The molecule has 98 valence electrons. The molecule has 0 aliphatic heterocycles. The molecule has 1 aromatic carbocycles. The number of oxazole rings is 1. The van der Waals surface area contributed by atoms with Gasteiger partial charge in [-0.3, -0.25) is 4.79 Å². The summed E-state index contributed by atoms with van der Waals surface area (Å²) in [5.41, 5.74) is 5.47. The van der Waals surface area contributed by atoms with Crippen molar-refractivity contribution in [2.45, 2.75) is 26.2 Å². The molecule has 0 bridgehead atoms. The number of nitrogens with one attached hydrogen (secondary N) is 1. The molecule has 0 saturated carbocycles. The highest BCUT2D eigenvalue weighted by molar-refractivity contribution is 5.91. The van der Waals surface area contributed by atoms with Gasteiger partial charge in [-0.05, 0) is 30.0 Å². The van der Waals surface area contributed by atoms with Gasteiger partial charge in [-0.2, -0.15) is 0 Å². The number of benzene rings is 1. The smallest absolute Gasteiger partial charge is 0.219 e. The van der Waals surface area contributed by atoms with Crippen LogP contribution in [0, 0.1) is 0 Å². The summed E-state index contributed by atoms with van der Waals surface area (Å²) >= 11 is 0. The first-order valence-electron chi connectivity index (χ1n) is 6.60. The lowest BCUT2D eigenvalue weighted by molar-refractivity contribution is -0.120. The van der Waals surface area contributed by atoms with Crippen LogP contribution in [0.3, 0.4) is 0 Å². The molecule has 0 radical (unpaired) electrons. The summed E-state index contributed by atoms with van der Waals surface area (Å²) in [7, 11) is 0. The molecule has 0 fully saturated rings. The predicted octanol–water partition coefficient (Wildman–Crippen LogP) is 2.68. The minimum Gasteiger partial charge on any atom is -0.443 e. The van der Waals surface area contributed by atoms with Gasteiger partial charge in [0.15, 0.2) is 12.0 Å². The molecule has 2 aromatic rings. The third-order valence-electron chi connectivity index (χ3n) is 3.54. The van der Waals surface area contributed by atoms with Crippen LogP contribution in [0.2, 0.25) is 0 Å². The maximum absolute atomic E-state index is 11.2. The third kappa shape index (κ3) is 2.14. The van der Waals surface area contributed by atoms with Crippen LogP contribution in [0.4, 0.5) is 0 Å². The molecule has 0 spiro atoms. The van der Waals surface area contributed by atoms with E-state index in [1.807, 2.05) is 13.0 Å². The van der Waals surface area contributed by atoms with E-state index in [0.29, 0.717) is 13.0 Å². The minimum atomic E-state index is 0.0768. The number of hydrogen-bond donors (Lipinski definition) is 1. The summed E-state index contributed by atoms with van der Waals surface area (Å²) in [6.07, 6.45) is 6.11. The van der Waals surface area contributed by atoms with Gasteiger partial charge < -0.3 is 9.73 Å². The summed E-state index contributed by atoms with van der Waals surface area (Å²) < 4.78 is 5.50. The van der Waals surface area contributed by atoms with Crippen molar-refractivity contribution in [1.82, 2.24) is 10.3 Å². The maximum atomic E-state index is 11.2. The number of allylic oxidation sites excluding steroid dienone is 1. The van der Waals surface area contributed by atoms with Crippen molar-refractivity contribution in [2.75, 3.05) is 6.54 Å². The van der Waals surface area contributed by atoms with Gasteiger partial charge in [-0.15, -0.1) is 0 Å². The Morgan fingerprint density at radius 2 is 2.37 bits per heavy atom. The molecule has 19 heavy (non-hydrogen) atoms. The van der Waals surface area contributed by atoms with E-state index in [1.165, 1.54) is 23.1 Å². The van der Waals surface area contributed by atoms with Gasteiger partial charge in [-0.25, -0.2) is 4.98 Å². The summed E-state index contributed by atoms with van der Waals surface area (Å²) in [6.45, 7) is 2.43. The van der Waals surface area contributed by atoms with Crippen LogP contribution in [-0.4, -0.2) is 17.4 Å². The highest BCUT2D eigenvalue weighted by atomic mass is 16.3. The molecule has 4 heteroatoms. The molecule has 0 unspecified atom stereocenters. The fraction of sp³-hybridized carbons (Fsp3) is 0.333. The van der Waals surface area contributed by atoms with Crippen LogP contribution in [-0.2, 0) is 11.2 Å². The van der Waals surface area contributed by atoms with Crippen molar-refractivity contribution in [3.05, 3.63) is 35.7 Å². The number of nitrogens with zero attached hydrogens (tertiary/aromatic N) is 1. The van der Waals surface area contributed by atoms with Gasteiger partial charge in [0, 0.05) is 18.5 Å². The number of aryl methyl sites for hydroxylation is 1. The van der Waals surface area contributed by atoms with E-state index >= 15 is 0 Å². The summed E-state index contributed by atoms with van der Waals surface area (Å²) in [6, 6.07) is 4.12. The summed E-state index contributed by atoms with van der Waals surface area (Å²) in [5.74, 6) is 0.0768. The second-order valence-electron chi connectivity index (χ2n) is 4.69. The fourth-order valence-corrected chi connectivity index (χ4v) is 2.54. The Labute approximate surface area is 111 Å². The molecular formula is C15H16N2O2. The average molecular weight is 256 g/mol. The monoisotopic (exact) mass is 256 g/mol. The van der Waals surface area contributed by atoms with E-state index in [9.17, 15) is 4.79 Å². The molecule has 1 N–H and O–H groups in total. The second-order valence-corrected chi connectivity index (χ2v) is 4.69. The Hall–Kier alpha value is -2.10. The van der Waals surface area contributed by atoms with Crippen molar-refractivity contribution >= 4 is 22.6 Å². The number of carbonyl (C=O) groups is 1. The molecule has 0 atom stereocenters. The van der Waals surface area contributed by atoms with Gasteiger partial charge in [0.25, 0.3) is 0 Å². The molecule has 4 nitrogen and oxygen atoms in total. The SMILES string of the molecule is CCC(=O)NC/C=C1\CCc2ccc3ncoc3c21. The zero-order valence-corrected chi connectivity index (χ0v) is 10.9. The first kappa shape index (κ1) is 12.0. The first-order valence-corrected chi connectivity index (χ1v) is 6.60. The topological polar surface area (TPSA) is 55.1 Å². The van der Waals surface area contributed by atoms with E-state index in [0.717, 1.165) is 23.9 Å². The largest absolute Gasteiger partial charge is 0.443 e. The van der Waals surface area contributed by atoms with Crippen LogP contribution in [0.5, 0.6) is 0 Å². The van der Waals surface area contributed by atoms with Gasteiger partial charge >= 0.3 is 0 Å². The molecule has 0 saturated heterocycles. The van der Waals surface area contributed by atoms with E-state index in [2.05, 4.69) is 22.4 Å².